The molecule has 2 atom stereocenters. The first-order chi connectivity index (χ1) is 12.5. The molecule has 2 aromatic carbocycles. The number of halogens is 2. The average Bonchev–Trinajstić information content (AvgIpc) is 2.91. The Morgan fingerprint density at radius 3 is 2.73 bits per heavy atom. The third kappa shape index (κ3) is 3.82. The Morgan fingerprint density at radius 2 is 2.00 bits per heavy atom. The molecule has 26 heavy (non-hydrogen) atoms. The minimum atomic E-state index is -0.623. The van der Waals surface area contributed by atoms with Crippen LogP contribution in [0.4, 0.5) is 14.5 Å². The zero-order valence-electron chi connectivity index (χ0n) is 14.3. The molecule has 1 aliphatic heterocycles. The summed E-state index contributed by atoms with van der Waals surface area (Å²) in [7, 11) is 1.77. The van der Waals surface area contributed by atoms with Crippen LogP contribution in [0.3, 0.4) is 0 Å². The smallest absolute Gasteiger partial charge is 0.223 e. The van der Waals surface area contributed by atoms with Crippen molar-refractivity contribution < 1.29 is 13.6 Å². The average molecular weight is 358 g/mol. The topological polar surface area (TPSA) is 70.7 Å². The fourth-order valence-corrected chi connectivity index (χ4v) is 3.25. The van der Waals surface area contributed by atoms with Crippen LogP contribution in [0.25, 0.3) is 0 Å². The number of carbonyl (C=O) groups is 1. The van der Waals surface area contributed by atoms with Crippen molar-refractivity contribution in [3.63, 3.8) is 0 Å². The molecule has 2 aromatic rings. The molecule has 0 unspecified atom stereocenters. The first-order valence-electron chi connectivity index (χ1n) is 8.28. The van der Waals surface area contributed by atoms with Crippen LogP contribution >= 0.6 is 0 Å². The second-order valence-corrected chi connectivity index (χ2v) is 6.30. The van der Waals surface area contributed by atoms with Gasteiger partial charge in [-0.15, -0.1) is 0 Å². The predicted octanol–water partition coefficient (Wildman–Crippen LogP) is 2.91. The maximum atomic E-state index is 13.7. The van der Waals surface area contributed by atoms with Crippen molar-refractivity contribution in [2.45, 2.75) is 12.5 Å². The van der Waals surface area contributed by atoms with Crippen LogP contribution in [-0.4, -0.2) is 30.4 Å². The summed E-state index contributed by atoms with van der Waals surface area (Å²) in [5.74, 6) is -1.23. The number of nitrogens with zero attached hydrogens (tertiary/aromatic N) is 2. The molecule has 1 amide bonds. The van der Waals surface area contributed by atoms with Gasteiger partial charge >= 0.3 is 0 Å². The summed E-state index contributed by atoms with van der Waals surface area (Å²) in [5.41, 5.74) is 6.76. The maximum absolute atomic E-state index is 13.7. The van der Waals surface area contributed by atoms with Crippen LogP contribution in [0, 0.1) is 17.6 Å². The molecule has 1 heterocycles. The molecule has 0 radical (unpaired) electrons. The Kier molecular flexibility index (Phi) is 5.16. The van der Waals surface area contributed by atoms with Crippen molar-refractivity contribution in [3.8, 4) is 0 Å². The number of rotatable bonds is 4. The van der Waals surface area contributed by atoms with Gasteiger partial charge < -0.3 is 16.0 Å². The molecule has 136 valence electrons. The first-order valence-corrected chi connectivity index (χ1v) is 8.28. The number of nitrogens with two attached hydrogens (primary N) is 1. The molecule has 7 heteroatoms. The highest BCUT2D eigenvalue weighted by atomic mass is 19.1. The molecular weight excluding hydrogens is 338 g/mol. The summed E-state index contributed by atoms with van der Waals surface area (Å²) in [5, 5.41) is 2.57. The van der Waals surface area contributed by atoms with Gasteiger partial charge in [-0.2, -0.15) is 0 Å². The van der Waals surface area contributed by atoms with Gasteiger partial charge in [-0.1, -0.05) is 30.3 Å². The van der Waals surface area contributed by atoms with E-state index in [9.17, 15) is 13.6 Å². The molecule has 3 rings (SSSR count). The fourth-order valence-electron chi connectivity index (χ4n) is 3.25. The summed E-state index contributed by atoms with van der Waals surface area (Å²) in [4.78, 5) is 18.1. The van der Waals surface area contributed by atoms with Crippen molar-refractivity contribution in [2.24, 2.45) is 16.6 Å². The van der Waals surface area contributed by atoms with Gasteiger partial charge in [-0.25, -0.2) is 8.78 Å². The second kappa shape index (κ2) is 7.51. The molecule has 0 aromatic heterocycles. The van der Waals surface area contributed by atoms with E-state index in [1.807, 2.05) is 30.3 Å². The highest BCUT2D eigenvalue weighted by Crippen LogP contribution is 2.36. The lowest BCUT2D eigenvalue weighted by Gasteiger charge is -2.24. The van der Waals surface area contributed by atoms with Gasteiger partial charge in [0.2, 0.25) is 5.91 Å². The van der Waals surface area contributed by atoms with Gasteiger partial charge in [-0.05, 0) is 17.7 Å². The van der Waals surface area contributed by atoms with Crippen molar-refractivity contribution in [2.75, 3.05) is 18.9 Å². The number of likely N-dealkylation sites (tertiary alicyclic amines) is 1. The molecule has 0 saturated carbocycles. The molecule has 0 aliphatic carbocycles. The SMILES string of the molecule is CN1C(=O)C[C@@H](CN=C(N)Nc2cc(F)ccc2F)[C@@H]1c1ccccc1. The van der Waals surface area contributed by atoms with Crippen LogP contribution in [0.2, 0.25) is 0 Å². The Labute approximate surface area is 150 Å². The van der Waals surface area contributed by atoms with Gasteiger partial charge in [0.1, 0.15) is 11.6 Å². The van der Waals surface area contributed by atoms with Gasteiger partial charge in [-0.3, -0.25) is 9.79 Å². The van der Waals surface area contributed by atoms with Crippen molar-refractivity contribution >= 4 is 17.6 Å². The molecule has 1 saturated heterocycles. The van der Waals surface area contributed by atoms with Gasteiger partial charge in [0.25, 0.3) is 0 Å². The second-order valence-electron chi connectivity index (χ2n) is 6.30. The van der Waals surface area contributed by atoms with E-state index in [0.29, 0.717) is 13.0 Å². The Bertz CT molecular complexity index is 826. The highest BCUT2D eigenvalue weighted by Gasteiger charge is 2.38. The monoisotopic (exact) mass is 358 g/mol. The molecule has 5 nitrogen and oxygen atoms in total. The van der Waals surface area contributed by atoms with Gasteiger partial charge in [0.15, 0.2) is 5.96 Å². The van der Waals surface area contributed by atoms with E-state index in [1.54, 1.807) is 11.9 Å². The summed E-state index contributed by atoms with van der Waals surface area (Å²) >= 11 is 0. The van der Waals surface area contributed by atoms with Crippen LogP contribution in [0.15, 0.2) is 53.5 Å². The van der Waals surface area contributed by atoms with E-state index < -0.39 is 11.6 Å². The maximum Gasteiger partial charge on any atom is 0.223 e. The number of guanidine groups is 1. The van der Waals surface area contributed by atoms with E-state index in [-0.39, 0.29) is 29.5 Å². The summed E-state index contributed by atoms with van der Waals surface area (Å²) in [6.45, 7) is 0.297. The van der Waals surface area contributed by atoms with Crippen LogP contribution in [0.1, 0.15) is 18.0 Å². The summed E-state index contributed by atoms with van der Waals surface area (Å²) < 4.78 is 26.9. The lowest BCUT2D eigenvalue weighted by molar-refractivity contribution is -0.127. The Balaban J connectivity index is 1.73. The van der Waals surface area contributed by atoms with Crippen molar-refractivity contribution in [3.05, 3.63) is 65.7 Å². The first kappa shape index (κ1) is 17.8. The summed E-state index contributed by atoms with van der Waals surface area (Å²) in [6.07, 6.45) is 0.362. The lowest BCUT2D eigenvalue weighted by Crippen LogP contribution is -2.27. The molecular formula is C19H20F2N4O. The molecule has 1 aliphatic rings. The quantitative estimate of drug-likeness (QED) is 0.652. The van der Waals surface area contributed by atoms with Crippen LogP contribution in [0.5, 0.6) is 0 Å². The van der Waals surface area contributed by atoms with Crippen LogP contribution < -0.4 is 11.1 Å². The minimum absolute atomic E-state index is 0.0247. The number of hydrogen-bond donors (Lipinski definition) is 2. The number of benzene rings is 2. The molecule has 0 spiro atoms. The molecule has 1 fully saturated rings. The van der Waals surface area contributed by atoms with Crippen molar-refractivity contribution in [1.82, 2.24) is 4.90 Å². The van der Waals surface area contributed by atoms with Crippen molar-refractivity contribution in [1.29, 1.82) is 0 Å². The van der Waals surface area contributed by atoms with E-state index in [1.165, 1.54) is 0 Å². The van der Waals surface area contributed by atoms with Gasteiger partial charge in [0.05, 0.1) is 11.7 Å². The molecule has 3 N–H and O–H groups in total. The Hall–Kier alpha value is -2.96. The largest absolute Gasteiger partial charge is 0.370 e. The van der Waals surface area contributed by atoms with E-state index in [2.05, 4.69) is 10.3 Å². The third-order valence-corrected chi connectivity index (χ3v) is 4.52. The predicted molar refractivity (Wildman–Crippen MR) is 96.5 cm³/mol. The Morgan fingerprint density at radius 1 is 1.27 bits per heavy atom. The number of amides is 1. The van der Waals surface area contributed by atoms with Gasteiger partial charge in [0, 0.05) is 32.0 Å². The number of hydrogen-bond acceptors (Lipinski definition) is 2. The van der Waals surface area contributed by atoms with E-state index in [0.717, 1.165) is 23.8 Å². The standard InChI is InChI=1S/C19H20F2N4O/c1-25-17(26)9-13(18(25)12-5-3-2-4-6-12)11-23-19(22)24-16-10-14(20)7-8-15(16)21/h2-8,10,13,18H,9,11H2,1H3,(H3,22,23,24)/t13-,18-/m0/s1. The van der Waals surface area contributed by atoms with Crippen LogP contribution in [-0.2, 0) is 4.79 Å². The summed E-state index contributed by atoms with van der Waals surface area (Å²) in [6, 6.07) is 12.7. The number of aliphatic imine (C=N–C) groups is 1. The zero-order chi connectivity index (χ0) is 18.7. The lowest BCUT2D eigenvalue weighted by atomic mass is 9.94. The number of nitrogens with one attached hydrogen (secondary N) is 1. The number of carbonyl (C=O) groups excluding carboxylic acids is 1. The highest BCUT2D eigenvalue weighted by molar-refractivity contribution is 5.92. The normalized spacial score (nSPS) is 20.5. The minimum Gasteiger partial charge on any atom is -0.370 e. The third-order valence-electron chi connectivity index (χ3n) is 4.52. The van der Waals surface area contributed by atoms with E-state index >= 15 is 0 Å². The number of anilines is 1. The zero-order valence-corrected chi connectivity index (χ0v) is 14.3. The fraction of sp³-hybridized carbons (Fsp3) is 0.263. The van der Waals surface area contributed by atoms with E-state index in [4.69, 9.17) is 5.73 Å². The molecule has 0 bridgehead atoms.